The number of aromatic nitrogens is 2. The van der Waals surface area contributed by atoms with Crippen molar-refractivity contribution in [1.29, 1.82) is 0 Å². The van der Waals surface area contributed by atoms with Gasteiger partial charge in [0.2, 0.25) is 0 Å². The summed E-state index contributed by atoms with van der Waals surface area (Å²) in [6, 6.07) is 13.4. The largest absolute Gasteiger partial charge is 0.295 e. The maximum absolute atomic E-state index is 12.5. The topological polar surface area (TPSA) is 34.9 Å². The summed E-state index contributed by atoms with van der Waals surface area (Å²) in [5.41, 5.74) is 2.76. The number of nitrogens with zero attached hydrogens (tertiary/aromatic N) is 2. The van der Waals surface area contributed by atoms with Crippen LogP contribution in [0.4, 0.5) is 0 Å². The van der Waals surface area contributed by atoms with Gasteiger partial charge < -0.3 is 0 Å². The number of hydrogen-bond acceptors (Lipinski definition) is 3. The fourth-order valence-corrected chi connectivity index (χ4v) is 3.27. The van der Waals surface area contributed by atoms with Gasteiger partial charge in [-0.25, -0.2) is 4.98 Å². The van der Waals surface area contributed by atoms with Crippen LogP contribution in [0.15, 0.2) is 47.3 Å². The van der Waals surface area contributed by atoms with E-state index in [1.807, 2.05) is 23.9 Å². The third-order valence-electron chi connectivity index (χ3n) is 3.72. The molecule has 23 heavy (non-hydrogen) atoms. The zero-order valence-corrected chi connectivity index (χ0v) is 14.6. The van der Waals surface area contributed by atoms with Crippen molar-refractivity contribution in [2.24, 2.45) is 7.05 Å². The quantitative estimate of drug-likeness (QED) is 0.698. The summed E-state index contributed by atoms with van der Waals surface area (Å²) in [5, 5.41) is 1.16. The van der Waals surface area contributed by atoms with E-state index in [-0.39, 0.29) is 5.56 Å². The molecule has 5 heteroatoms. The Hall–Kier alpha value is -1.78. The average Bonchev–Trinajstić information content (AvgIpc) is 2.56. The summed E-state index contributed by atoms with van der Waals surface area (Å²) in [6.07, 6.45) is 0. The van der Waals surface area contributed by atoms with E-state index in [0.29, 0.717) is 21.7 Å². The second-order valence-corrected chi connectivity index (χ2v) is 7.01. The highest BCUT2D eigenvalue weighted by Gasteiger charge is 2.10. The van der Waals surface area contributed by atoms with E-state index in [2.05, 4.69) is 24.0 Å². The van der Waals surface area contributed by atoms with Gasteiger partial charge in [0, 0.05) is 23.4 Å². The zero-order valence-electron chi connectivity index (χ0n) is 13.0. The Morgan fingerprint density at radius 3 is 2.61 bits per heavy atom. The number of halogens is 1. The molecule has 0 N–H and O–H groups in total. The minimum absolute atomic E-state index is 0.0627. The molecule has 0 amide bonds. The van der Waals surface area contributed by atoms with Gasteiger partial charge in [-0.1, -0.05) is 42.8 Å². The van der Waals surface area contributed by atoms with E-state index >= 15 is 0 Å². The number of rotatable bonds is 4. The first-order valence-electron chi connectivity index (χ1n) is 7.43. The lowest BCUT2D eigenvalue weighted by molar-refractivity contribution is 0.856. The Balaban J connectivity index is 2.08. The van der Waals surface area contributed by atoms with E-state index in [1.54, 1.807) is 29.8 Å². The molecule has 0 radical (unpaired) electrons. The third-order valence-corrected chi connectivity index (χ3v) is 4.90. The molecule has 0 aliphatic heterocycles. The first-order chi connectivity index (χ1) is 11.1. The minimum Gasteiger partial charge on any atom is -0.295 e. The molecule has 0 aliphatic rings. The monoisotopic (exact) mass is 344 g/mol. The number of benzene rings is 2. The van der Waals surface area contributed by atoms with E-state index in [0.717, 1.165) is 17.1 Å². The van der Waals surface area contributed by atoms with Crippen LogP contribution in [0, 0.1) is 0 Å². The maximum atomic E-state index is 12.5. The first-order valence-corrected chi connectivity index (χ1v) is 8.96. The van der Waals surface area contributed by atoms with Crippen LogP contribution in [0.5, 0.6) is 0 Å². The Morgan fingerprint density at radius 2 is 1.91 bits per heavy atom. The smallest absolute Gasteiger partial charge is 0.261 e. The summed E-state index contributed by atoms with van der Waals surface area (Å²) in [6.45, 7) is 2.15. The van der Waals surface area contributed by atoms with Crippen LogP contribution in [-0.4, -0.2) is 15.3 Å². The van der Waals surface area contributed by atoms with Gasteiger partial charge >= 0.3 is 0 Å². The van der Waals surface area contributed by atoms with Crippen molar-refractivity contribution in [2.45, 2.75) is 12.7 Å². The summed E-state index contributed by atoms with van der Waals surface area (Å²) in [4.78, 5) is 17.2. The lowest BCUT2D eigenvalue weighted by Gasteiger charge is -2.10. The van der Waals surface area contributed by atoms with E-state index < -0.39 is 0 Å². The van der Waals surface area contributed by atoms with Gasteiger partial charge in [-0.15, -0.1) is 0 Å². The fourth-order valence-electron chi connectivity index (χ4n) is 2.47. The molecule has 1 heterocycles. The van der Waals surface area contributed by atoms with E-state index in [9.17, 15) is 4.79 Å². The van der Waals surface area contributed by atoms with Gasteiger partial charge in [-0.2, -0.15) is 11.8 Å². The Morgan fingerprint density at radius 1 is 1.17 bits per heavy atom. The molecular formula is C18H17ClN2OS. The van der Waals surface area contributed by atoms with E-state index in [4.69, 9.17) is 11.6 Å². The Bertz CT molecular complexity index is 903. The highest BCUT2D eigenvalue weighted by Crippen LogP contribution is 2.22. The molecule has 0 spiro atoms. The van der Waals surface area contributed by atoms with Crippen LogP contribution < -0.4 is 5.56 Å². The van der Waals surface area contributed by atoms with E-state index in [1.165, 1.54) is 5.56 Å². The van der Waals surface area contributed by atoms with Crippen molar-refractivity contribution < 1.29 is 0 Å². The molecule has 0 aliphatic carbocycles. The van der Waals surface area contributed by atoms with Crippen molar-refractivity contribution in [3.8, 4) is 11.4 Å². The lowest BCUT2D eigenvalue weighted by Crippen LogP contribution is -2.20. The van der Waals surface area contributed by atoms with Crippen molar-refractivity contribution in [3.05, 3.63) is 63.4 Å². The van der Waals surface area contributed by atoms with Crippen molar-refractivity contribution in [2.75, 3.05) is 5.75 Å². The molecule has 3 nitrogen and oxygen atoms in total. The van der Waals surface area contributed by atoms with Gasteiger partial charge in [0.1, 0.15) is 5.82 Å². The Labute approximate surface area is 144 Å². The molecule has 0 fully saturated rings. The van der Waals surface area contributed by atoms with Gasteiger partial charge in [-0.05, 0) is 29.5 Å². The third kappa shape index (κ3) is 3.28. The number of fused-ring (bicyclic) bond motifs is 1. The minimum atomic E-state index is -0.0627. The van der Waals surface area contributed by atoms with Gasteiger partial charge in [0.15, 0.2) is 0 Å². The molecule has 0 unspecified atom stereocenters. The van der Waals surface area contributed by atoms with Crippen LogP contribution in [0.2, 0.25) is 5.02 Å². The second-order valence-electron chi connectivity index (χ2n) is 5.30. The molecule has 1 aromatic heterocycles. The van der Waals surface area contributed by atoms with Crippen LogP contribution in [-0.2, 0) is 12.8 Å². The first kappa shape index (κ1) is 16.1. The molecule has 3 rings (SSSR count). The number of hydrogen-bond donors (Lipinski definition) is 0. The molecule has 0 atom stereocenters. The van der Waals surface area contributed by atoms with Gasteiger partial charge in [-0.3, -0.25) is 9.36 Å². The molecule has 0 saturated heterocycles. The van der Waals surface area contributed by atoms with Crippen molar-refractivity contribution >= 4 is 34.3 Å². The molecule has 2 aromatic carbocycles. The van der Waals surface area contributed by atoms with Crippen LogP contribution in [0.3, 0.4) is 0 Å². The predicted octanol–water partition coefficient (Wildman–Crippen LogP) is 4.51. The standard InChI is InChI=1S/C18H17ClN2OS/c1-3-23-11-12-4-6-13(7-5-12)17-20-16-10-14(19)8-9-15(16)18(22)21(17)2/h4-10H,3,11H2,1-2H3. The second kappa shape index (κ2) is 6.77. The number of thioether (sulfide) groups is 1. The fraction of sp³-hybridized carbons (Fsp3) is 0.222. The summed E-state index contributed by atoms with van der Waals surface area (Å²) in [7, 11) is 1.75. The predicted molar refractivity (Wildman–Crippen MR) is 99.3 cm³/mol. The van der Waals surface area contributed by atoms with Crippen LogP contribution in [0.1, 0.15) is 12.5 Å². The summed E-state index contributed by atoms with van der Waals surface area (Å²) >= 11 is 7.91. The zero-order chi connectivity index (χ0) is 16.4. The molecule has 3 aromatic rings. The molecule has 118 valence electrons. The van der Waals surface area contributed by atoms with Gasteiger partial charge in [0.05, 0.1) is 10.9 Å². The highest BCUT2D eigenvalue weighted by atomic mass is 35.5. The molecule has 0 saturated carbocycles. The average molecular weight is 345 g/mol. The molecule has 0 bridgehead atoms. The molecular weight excluding hydrogens is 328 g/mol. The van der Waals surface area contributed by atoms with Crippen LogP contribution >= 0.6 is 23.4 Å². The normalized spacial score (nSPS) is 11.1. The lowest BCUT2D eigenvalue weighted by atomic mass is 10.1. The maximum Gasteiger partial charge on any atom is 0.261 e. The SMILES string of the molecule is CCSCc1ccc(-c2nc3cc(Cl)ccc3c(=O)n2C)cc1. The van der Waals surface area contributed by atoms with Crippen molar-refractivity contribution in [1.82, 2.24) is 9.55 Å². The van der Waals surface area contributed by atoms with Gasteiger partial charge in [0.25, 0.3) is 5.56 Å². The van der Waals surface area contributed by atoms with Crippen LogP contribution in [0.25, 0.3) is 22.3 Å². The Kier molecular flexibility index (Phi) is 4.74. The summed E-state index contributed by atoms with van der Waals surface area (Å²) < 4.78 is 1.59. The summed E-state index contributed by atoms with van der Waals surface area (Å²) in [5.74, 6) is 2.75. The van der Waals surface area contributed by atoms with Crippen molar-refractivity contribution in [3.63, 3.8) is 0 Å². The highest BCUT2D eigenvalue weighted by molar-refractivity contribution is 7.98.